The normalized spacial score (nSPS) is 12.3. The monoisotopic (exact) mass is 285 g/mol. The van der Waals surface area contributed by atoms with E-state index in [-0.39, 0.29) is 0 Å². The van der Waals surface area contributed by atoms with Crippen molar-refractivity contribution < 1.29 is 37.0 Å². The lowest BCUT2D eigenvalue weighted by atomic mass is 10.2. The second-order valence-electron chi connectivity index (χ2n) is 3.58. The molecule has 0 aliphatic heterocycles. The van der Waals surface area contributed by atoms with E-state index in [9.17, 15) is 26.7 Å². The summed E-state index contributed by atoms with van der Waals surface area (Å²) >= 11 is 0. The van der Waals surface area contributed by atoms with Crippen LogP contribution in [0, 0.1) is 29.1 Å². The first-order valence-electron chi connectivity index (χ1n) is 4.90. The summed E-state index contributed by atoms with van der Waals surface area (Å²) in [6.45, 7) is -0.690. The van der Waals surface area contributed by atoms with E-state index in [1.165, 1.54) is 0 Å². The van der Waals surface area contributed by atoms with Crippen molar-refractivity contribution in [2.45, 2.75) is 12.5 Å². The lowest BCUT2D eigenvalue weighted by molar-refractivity contribution is -0.138. The van der Waals surface area contributed by atoms with Crippen molar-refractivity contribution in [2.75, 3.05) is 11.9 Å². The highest BCUT2D eigenvalue weighted by molar-refractivity contribution is 5.67. The van der Waals surface area contributed by atoms with Crippen LogP contribution < -0.4 is 5.32 Å². The van der Waals surface area contributed by atoms with Gasteiger partial charge in [-0.05, 0) is 0 Å². The smallest absolute Gasteiger partial charge is 0.306 e. The molecular weight excluding hydrogens is 277 g/mol. The molecule has 0 saturated heterocycles. The predicted molar refractivity (Wildman–Crippen MR) is 53.0 cm³/mol. The van der Waals surface area contributed by atoms with E-state index in [0.717, 1.165) is 0 Å². The molecule has 4 nitrogen and oxygen atoms in total. The Morgan fingerprint density at radius 1 is 1.00 bits per heavy atom. The van der Waals surface area contributed by atoms with E-state index in [0.29, 0.717) is 0 Å². The Bertz CT molecular complexity index is 479. The molecule has 1 atom stereocenters. The number of benzene rings is 1. The van der Waals surface area contributed by atoms with Crippen LogP contribution in [0.3, 0.4) is 0 Å². The molecule has 0 radical (unpaired) electrons. The van der Waals surface area contributed by atoms with Crippen LogP contribution in [-0.2, 0) is 4.79 Å². The fourth-order valence-corrected chi connectivity index (χ4v) is 1.25. The molecule has 0 saturated carbocycles. The van der Waals surface area contributed by atoms with Crippen molar-refractivity contribution >= 4 is 11.7 Å². The molecule has 1 aromatic rings. The third-order valence-corrected chi connectivity index (χ3v) is 2.13. The number of aliphatic hydroxyl groups excluding tert-OH is 1. The van der Waals surface area contributed by atoms with Crippen molar-refractivity contribution in [3.8, 4) is 0 Å². The molecule has 0 bridgehead atoms. The number of halogens is 5. The fourth-order valence-electron chi connectivity index (χ4n) is 1.25. The maximum atomic E-state index is 13.1. The highest BCUT2D eigenvalue weighted by Crippen LogP contribution is 2.26. The predicted octanol–water partition coefficient (Wildman–Crippen LogP) is 1.63. The highest BCUT2D eigenvalue weighted by atomic mass is 19.2. The third kappa shape index (κ3) is 3.31. The topological polar surface area (TPSA) is 69.6 Å². The summed E-state index contributed by atoms with van der Waals surface area (Å²) in [6.07, 6.45) is -2.30. The number of hydrogen-bond donors (Lipinski definition) is 3. The number of anilines is 1. The van der Waals surface area contributed by atoms with Crippen LogP contribution in [0.25, 0.3) is 0 Å². The molecule has 0 fully saturated rings. The average Bonchev–Trinajstić information content (AvgIpc) is 2.33. The largest absolute Gasteiger partial charge is 0.481 e. The number of carboxylic acid groups (broad SMARTS) is 1. The molecule has 0 aliphatic carbocycles. The number of nitrogens with one attached hydrogen (secondary N) is 1. The van der Waals surface area contributed by atoms with Crippen molar-refractivity contribution in [2.24, 2.45) is 0 Å². The van der Waals surface area contributed by atoms with Gasteiger partial charge in [0.1, 0.15) is 5.69 Å². The summed E-state index contributed by atoms with van der Waals surface area (Å²) in [4.78, 5) is 10.2. The van der Waals surface area contributed by atoms with E-state index in [2.05, 4.69) is 0 Å². The summed E-state index contributed by atoms with van der Waals surface area (Å²) in [7, 11) is 0. The molecule has 0 spiro atoms. The highest BCUT2D eigenvalue weighted by Gasteiger charge is 2.26. The van der Waals surface area contributed by atoms with Crippen molar-refractivity contribution in [3.63, 3.8) is 0 Å². The van der Waals surface area contributed by atoms with Gasteiger partial charge in [0.2, 0.25) is 5.82 Å². The zero-order chi connectivity index (χ0) is 14.7. The first kappa shape index (κ1) is 15.2. The Labute approximate surface area is 103 Å². The van der Waals surface area contributed by atoms with Crippen LogP contribution in [-0.4, -0.2) is 28.8 Å². The zero-order valence-corrected chi connectivity index (χ0v) is 9.18. The second-order valence-corrected chi connectivity index (χ2v) is 3.58. The SMILES string of the molecule is O=C(O)CC(O)CNc1c(F)c(F)c(F)c(F)c1F. The van der Waals surface area contributed by atoms with E-state index in [1.807, 2.05) is 0 Å². The van der Waals surface area contributed by atoms with E-state index >= 15 is 0 Å². The maximum absolute atomic E-state index is 13.1. The van der Waals surface area contributed by atoms with Gasteiger partial charge in [0.15, 0.2) is 23.3 Å². The molecule has 19 heavy (non-hydrogen) atoms. The van der Waals surface area contributed by atoms with Gasteiger partial charge in [0, 0.05) is 6.54 Å². The van der Waals surface area contributed by atoms with Gasteiger partial charge in [-0.2, -0.15) is 0 Å². The Kier molecular flexibility index (Phi) is 4.65. The Morgan fingerprint density at radius 3 is 1.84 bits per heavy atom. The summed E-state index contributed by atoms with van der Waals surface area (Å²) in [5, 5.41) is 19.2. The third-order valence-electron chi connectivity index (χ3n) is 2.13. The number of carbonyl (C=O) groups is 1. The van der Waals surface area contributed by atoms with E-state index < -0.39 is 59.8 Å². The molecule has 1 rings (SSSR count). The van der Waals surface area contributed by atoms with Crippen LogP contribution in [0.1, 0.15) is 6.42 Å². The molecule has 0 amide bonds. The first-order chi connectivity index (χ1) is 8.75. The van der Waals surface area contributed by atoms with E-state index in [1.54, 1.807) is 5.32 Å². The summed E-state index contributed by atoms with van der Waals surface area (Å²) in [6, 6.07) is 0. The van der Waals surface area contributed by atoms with Crippen LogP contribution in [0.2, 0.25) is 0 Å². The number of carboxylic acids is 1. The molecule has 1 aromatic carbocycles. The maximum Gasteiger partial charge on any atom is 0.306 e. The molecule has 3 N–H and O–H groups in total. The lowest BCUT2D eigenvalue weighted by Crippen LogP contribution is -2.24. The molecular formula is C10H8F5NO3. The molecule has 0 aromatic heterocycles. The minimum absolute atomic E-state index is 0.690. The van der Waals surface area contributed by atoms with Gasteiger partial charge in [-0.1, -0.05) is 0 Å². The standard InChI is InChI=1S/C10H8F5NO3/c11-5-6(12)8(14)10(9(15)7(5)13)16-2-3(17)1-4(18)19/h3,16-17H,1-2H2,(H,18,19). The Morgan fingerprint density at radius 2 is 1.42 bits per heavy atom. The van der Waals surface area contributed by atoms with Gasteiger partial charge in [0.25, 0.3) is 0 Å². The number of hydrogen-bond acceptors (Lipinski definition) is 3. The van der Waals surface area contributed by atoms with Gasteiger partial charge in [0.05, 0.1) is 12.5 Å². The average molecular weight is 285 g/mol. The Balaban J connectivity index is 2.93. The van der Waals surface area contributed by atoms with Crippen LogP contribution >= 0.6 is 0 Å². The number of aliphatic hydroxyl groups is 1. The van der Waals surface area contributed by atoms with Gasteiger partial charge in [-0.15, -0.1) is 0 Å². The van der Waals surface area contributed by atoms with Gasteiger partial charge in [-0.25, -0.2) is 22.0 Å². The lowest BCUT2D eigenvalue weighted by Gasteiger charge is -2.13. The summed E-state index contributed by atoms with van der Waals surface area (Å²) < 4.78 is 64.5. The minimum atomic E-state index is -2.30. The quantitative estimate of drug-likeness (QED) is 0.437. The second kappa shape index (κ2) is 5.83. The zero-order valence-electron chi connectivity index (χ0n) is 9.18. The number of rotatable bonds is 5. The van der Waals surface area contributed by atoms with Crippen molar-refractivity contribution in [3.05, 3.63) is 29.1 Å². The van der Waals surface area contributed by atoms with Crippen molar-refractivity contribution in [1.82, 2.24) is 0 Å². The molecule has 0 aliphatic rings. The molecule has 0 heterocycles. The Hall–Kier alpha value is -1.90. The van der Waals surface area contributed by atoms with Crippen LogP contribution in [0.5, 0.6) is 0 Å². The van der Waals surface area contributed by atoms with Crippen molar-refractivity contribution in [1.29, 1.82) is 0 Å². The van der Waals surface area contributed by atoms with Gasteiger partial charge >= 0.3 is 5.97 Å². The molecule has 9 heteroatoms. The van der Waals surface area contributed by atoms with Gasteiger partial charge < -0.3 is 15.5 Å². The summed E-state index contributed by atoms with van der Waals surface area (Å²) in [5.74, 6) is -12.1. The fraction of sp³-hybridized carbons (Fsp3) is 0.300. The number of aliphatic carboxylic acids is 1. The van der Waals surface area contributed by atoms with E-state index in [4.69, 9.17) is 10.2 Å². The molecule has 1 unspecified atom stereocenters. The van der Waals surface area contributed by atoms with Crippen LogP contribution in [0.15, 0.2) is 0 Å². The van der Waals surface area contributed by atoms with Crippen LogP contribution in [0.4, 0.5) is 27.6 Å². The summed E-state index contributed by atoms with van der Waals surface area (Å²) in [5.41, 5.74) is -1.32. The first-order valence-corrected chi connectivity index (χ1v) is 4.90. The van der Waals surface area contributed by atoms with Gasteiger partial charge in [-0.3, -0.25) is 4.79 Å². The molecule has 106 valence electrons. The minimum Gasteiger partial charge on any atom is -0.481 e.